The third-order valence-electron chi connectivity index (χ3n) is 3.17. The number of halogens is 1. The van der Waals surface area contributed by atoms with Gasteiger partial charge in [0, 0.05) is 6.04 Å². The minimum Gasteiger partial charge on any atom is -0.314 e. The van der Waals surface area contributed by atoms with Crippen molar-refractivity contribution >= 4 is 0 Å². The second-order valence-electron chi connectivity index (χ2n) is 4.12. The molecule has 0 bridgehead atoms. The van der Waals surface area contributed by atoms with Crippen LogP contribution in [-0.4, -0.2) is 19.3 Å². The van der Waals surface area contributed by atoms with E-state index in [4.69, 9.17) is 0 Å². The van der Waals surface area contributed by atoms with Crippen LogP contribution in [0.5, 0.6) is 0 Å². The first-order valence-electron chi connectivity index (χ1n) is 5.66. The number of alkyl halides is 1. The maximum atomic E-state index is 11.8. The van der Waals surface area contributed by atoms with E-state index < -0.39 is 0 Å². The Hall–Kier alpha value is -0.110. The van der Waals surface area contributed by atoms with Gasteiger partial charge < -0.3 is 5.32 Å². The summed E-state index contributed by atoms with van der Waals surface area (Å²) < 4.78 is 11.8. The number of hydrogen-bond acceptors (Lipinski definition) is 1. The molecular weight excluding hydrogens is 165 g/mol. The van der Waals surface area contributed by atoms with Crippen molar-refractivity contribution in [1.82, 2.24) is 5.32 Å². The summed E-state index contributed by atoms with van der Waals surface area (Å²) in [5.41, 5.74) is 0. The lowest BCUT2D eigenvalue weighted by Gasteiger charge is -2.28. The van der Waals surface area contributed by atoms with Crippen molar-refractivity contribution in [2.45, 2.75) is 51.5 Å². The molecule has 0 aliphatic heterocycles. The van der Waals surface area contributed by atoms with Gasteiger partial charge in [-0.25, -0.2) is 0 Å². The zero-order valence-electron chi connectivity index (χ0n) is 8.69. The Kier molecular flexibility index (Phi) is 5.37. The van der Waals surface area contributed by atoms with Gasteiger partial charge in [0.05, 0.1) is 6.67 Å². The summed E-state index contributed by atoms with van der Waals surface area (Å²) in [6, 6.07) is 0.675. The summed E-state index contributed by atoms with van der Waals surface area (Å²) in [5, 5.41) is 3.43. The highest BCUT2D eigenvalue weighted by Gasteiger charge is 2.18. The van der Waals surface area contributed by atoms with Gasteiger partial charge in [0.15, 0.2) is 0 Å². The van der Waals surface area contributed by atoms with E-state index in [2.05, 4.69) is 12.2 Å². The molecule has 0 aromatic heterocycles. The molecule has 1 aliphatic rings. The Labute approximate surface area is 81.1 Å². The van der Waals surface area contributed by atoms with E-state index in [0.717, 1.165) is 12.5 Å². The standard InChI is InChI=1S/C11H22FN/c1-2-10-4-6-11(7-5-10)13-9-3-8-12/h10-11,13H,2-9H2,1H3. The van der Waals surface area contributed by atoms with E-state index in [1.165, 1.54) is 32.1 Å². The molecule has 0 unspecified atom stereocenters. The van der Waals surface area contributed by atoms with E-state index in [1.54, 1.807) is 0 Å². The second-order valence-corrected chi connectivity index (χ2v) is 4.12. The summed E-state index contributed by atoms with van der Waals surface area (Å²) in [4.78, 5) is 0. The zero-order valence-corrected chi connectivity index (χ0v) is 8.69. The summed E-state index contributed by atoms with van der Waals surface area (Å²) in [6.45, 7) is 2.96. The topological polar surface area (TPSA) is 12.0 Å². The highest BCUT2D eigenvalue weighted by atomic mass is 19.1. The van der Waals surface area contributed by atoms with Crippen LogP contribution < -0.4 is 5.32 Å². The van der Waals surface area contributed by atoms with Crippen LogP contribution in [0.1, 0.15) is 45.4 Å². The monoisotopic (exact) mass is 187 g/mol. The minimum absolute atomic E-state index is 0.183. The van der Waals surface area contributed by atoms with Gasteiger partial charge in [-0.2, -0.15) is 0 Å². The fraction of sp³-hybridized carbons (Fsp3) is 1.00. The lowest BCUT2D eigenvalue weighted by atomic mass is 9.84. The Morgan fingerprint density at radius 2 is 1.92 bits per heavy atom. The predicted octanol–water partition coefficient (Wildman–Crippen LogP) is 2.90. The quantitative estimate of drug-likeness (QED) is 0.653. The molecule has 1 nitrogen and oxygen atoms in total. The zero-order chi connectivity index (χ0) is 9.52. The highest BCUT2D eigenvalue weighted by molar-refractivity contribution is 4.76. The van der Waals surface area contributed by atoms with Crippen molar-refractivity contribution in [3.63, 3.8) is 0 Å². The molecule has 0 saturated heterocycles. The number of nitrogens with one attached hydrogen (secondary N) is 1. The van der Waals surface area contributed by atoms with Crippen molar-refractivity contribution in [1.29, 1.82) is 0 Å². The molecule has 0 radical (unpaired) electrons. The molecule has 1 N–H and O–H groups in total. The van der Waals surface area contributed by atoms with Crippen molar-refractivity contribution in [3.05, 3.63) is 0 Å². The second kappa shape index (κ2) is 6.36. The molecular formula is C11H22FN. The summed E-state index contributed by atoms with van der Waals surface area (Å²) in [5.74, 6) is 0.958. The first-order chi connectivity index (χ1) is 6.36. The maximum absolute atomic E-state index is 11.8. The van der Waals surface area contributed by atoms with Crippen molar-refractivity contribution in [2.24, 2.45) is 5.92 Å². The van der Waals surface area contributed by atoms with Crippen LogP contribution in [0.15, 0.2) is 0 Å². The van der Waals surface area contributed by atoms with Crippen LogP contribution in [0.3, 0.4) is 0 Å². The average Bonchev–Trinajstić information content (AvgIpc) is 2.19. The van der Waals surface area contributed by atoms with Gasteiger partial charge in [-0.05, 0) is 44.6 Å². The van der Waals surface area contributed by atoms with Gasteiger partial charge in [0.25, 0.3) is 0 Å². The Balaban J connectivity index is 2.03. The molecule has 0 aromatic rings. The summed E-state index contributed by atoms with van der Waals surface area (Å²) in [7, 11) is 0. The fourth-order valence-electron chi connectivity index (χ4n) is 2.15. The minimum atomic E-state index is -0.183. The molecule has 13 heavy (non-hydrogen) atoms. The largest absolute Gasteiger partial charge is 0.314 e. The van der Waals surface area contributed by atoms with Gasteiger partial charge >= 0.3 is 0 Å². The molecule has 0 aromatic carbocycles. The molecule has 1 rings (SSSR count). The number of hydrogen-bond donors (Lipinski definition) is 1. The SMILES string of the molecule is CCC1CCC(NCCCF)CC1. The third-order valence-corrected chi connectivity index (χ3v) is 3.17. The van der Waals surface area contributed by atoms with Gasteiger partial charge in [0.1, 0.15) is 0 Å². The molecule has 1 aliphatic carbocycles. The highest BCUT2D eigenvalue weighted by Crippen LogP contribution is 2.26. The van der Waals surface area contributed by atoms with Crippen molar-refractivity contribution in [3.8, 4) is 0 Å². The van der Waals surface area contributed by atoms with E-state index >= 15 is 0 Å². The van der Waals surface area contributed by atoms with E-state index in [9.17, 15) is 4.39 Å². The van der Waals surface area contributed by atoms with Crippen LogP contribution in [0.2, 0.25) is 0 Å². The molecule has 0 amide bonds. The smallest absolute Gasteiger partial charge is 0.0906 e. The Bertz CT molecular complexity index is 117. The summed E-state index contributed by atoms with van der Waals surface area (Å²) >= 11 is 0. The van der Waals surface area contributed by atoms with Crippen LogP contribution >= 0.6 is 0 Å². The molecule has 1 fully saturated rings. The normalized spacial score (nSPS) is 29.1. The van der Waals surface area contributed by atoms with Crippen LogP contribution in [0, 0.1) is 5.92 Å². The van der Waals surface area contributed by atoms with Gasteiger partial charge in [-0.15, -0.1) is 0 Å². The first-order valence-corrected chi connectivity index (χ1v) is 5.66. The molecule has 2 heteroatoms. The van der Waals surface area contributed by atoms with Gasteiger partial charge in [-0.1, -0.05) is 13.3 Å². The average molecular weight is 187 g/mol. The molecule has 0 atom stereocenters. The van der Waals surface area contributed by atoms with Crippen LogP contribution in [0.25, 0.3) is 0 Å². The van der Waals surface area contributed by atoms with Crippen LogP contribution in [0.4, 0.5) is 4.39 Å². The van der Waals surface area contributed by atoms with E-state index in [-0.39, 0.29) is 6.67 Å². The summed E-state index contributed by atoms with van der Waals surface area (Å²) in [6.07, 6.45) is 7.33. The number of rotatable bonds is 5. The molecule has 0 spiro atoms. The van der Waals surface area contributed by atoms with Gasteiger partial charge in [0.2, 0.25) is 0 Å². The predicted molar refractivity (Wildman–Crippen MR) is 54.6 cm³/mol. The molecule has 1 saturated carbocycles. The van der Waals surface area contributed by atoms with Crippen molar-refractivity contribution in [2.75, 3.05) is 13.2 Å². The first kappa shape index (κ1) is 11.0. The fourth-order valence-corrected chi connectivity index (χ4v) is 2.15. The van der Waals surface area contributed by atoms with E-state index in [1.807, 2.05) is 0 Å². The van der Waals surface area contributed by atoms with Crippen LogP contribution in [-0.2, 0) is 0 Å². The van der Waals surface area contributed by atoms with Gasteiger partial charge in [-0.3, -0.25) is 4.39 Å². The van der Waals surface area contributed by atoms with E-state index in [0.29, 0.717) is 12.5 Å². The molecule has 0 heterocycles. The maximum Gasteiger partial charge on any atom is 0.0906 e. The van der Waals surface area contributed by atoms with Crippen molar-refractivity contribution < 1.29 is 4.39 Å². The third kappa shape index (κ3) is 4.08. The lowest BCUT2D eigenvalue weighted by Crippen LogP contribution is -2.33. The molecule has 78 valence electrons. The Morgan fingerprint density at radius 3 is 2.46 bits per heavy atom. The Morgan fingerprint density at radius 1 is 1.23 bits per heavy atom. The lowest BCUT2D eigenvalue weighted by molar-refractivity contribution is 0.283.